The Hall–Kier alpha value is -1.29. The Morgan fingerprint density at radius 3 is 3.00 bits per heavy atom. The maximum atomic E-state index is 12.4. The first kappa shape index (κ1) is 14.1. The number of amides is 1. The zero-order valence-electron chi connectivity index (χ0n) is 11.1. The highest BCUT2D eigenvalue weighted by Gasteiger charge is 2.28. The molecular formula is C14H19ClN2O2. The maximum absolute atomic E-state index is 12.4. The molecule has 1 fully saturated rings. The van der Waals surface area contributed by atoms with E-state index in [1.807, 2.05) is 4.90 Å². The van der Waals surface area contributed by atoms with Gasteiger partial charge >= 0.3 is 0 Å². The molecule has 1 atom stereocenters. The first-order valence-corrected chi connectivity index (χ1v) is 7.20. The average molecular weight is 283 g/mol. The highest BCUT2D eigenvalue weighted by atomic mass is 35.5. The van der Waals surface area contributed by atoms with Crippen LogP contribution in [0.2, 0.25) is 0 Å². The fraction of sp³-hybridized carbons (Fsp3) is 0.571. The third-order valence-electron chi connectivity index (χ3n) is 3.66. The predicted molar refractivity (Wildman–Crippen MR) is 75.7 cm³/mol. The molecule has 5 heteroatoms. The third-order valence-corrected chi connectivity index (χ3v) is 3.93. The third kappa shape index (κ3) is 3.18. The van der Waals surface area contributed by atoms with Crippen LogP contribution in [0.4, 0.5) is 0 Å². The lowest BCUT2D eigenvalue weighted by atomic mass is 10.1. The summed E-state index contributed by atoms with van der Waals surface area (Å²) in [6.45, 7) is 0.779. The molecule has 2 heterocycles. The maximum Gasteiger partial charge on any atom is 0.254 e. The van der Waals surface area contributed by atoms with Crippen molar-refractivity contribution in [1.82, 2.24) is 9.47 Å². The molecule has 1 aliphatic heterocycles. The number of nitrogens with zero attached hydrogens (tertiary/aromatic N) is 2. The summed E-state index contributed by atoms with van der Waals surface area (Å²) in [7, 11) is 1.68. The van der Waals surface area contributed by atoms with Crippen LogP contribution in [-0.2, 0) is 7.05 Å². The number of aryl methyl sites for hydroxylation is 1. The molecule has 1 saturated heterocycles. The second-order valence-corrected chi connectivity index (χ2v) is 5.37. The standard InChI is InChI=1S/C14H19ClN2O2/c1-16-9-6-11(10-13(16)18)14(19)17-8-3-5-12(17)4-2-7-15/h6,9-10,12H,2-5,7-8H2,1H3. The van der Waals surface area contributed by atoms with Gasteiger partial charge in [-0.3, -0.25) is 9.59 Å². The number of alkyl halides is 1. The monoisotopic (exact) mass is 282 g/mol. The molecule has 0 N–H and O–H groups in total. The minimum Gasteiger partial charge on any atom is -0.336 e. The normalized spacial score (nSPS) is 18.8. The van der Waals surface area contributed by atoms with Crippen molar-refractivity contribution in [1.29, 1.82) is 0 Å². The van der Waals surface area contributed by atoms with Gasteiger partial charge in [0.2, 0.25) is 0 Å². The Morgan fingerprint density at radius 2 is 2.32 bits per heavy atom. The Morgan fingerprint density at radius 1 is 1.53 bits per heavy atom. The van der Waals surface area contributed by atoms with Gasteiger partial charge in [-0.25, -0.2) is 0 Å². The van der Waals surface area contributed by atoms with E-state index in [-0.39, 0.29) is 17.5 Å². The van der Waals surface area contributed by atoms with Gasteiger partial charge in [-0.2, -0.15) is 0 Å². The van der Waals surface area contributed by atoms with E-state index >= 15 is 0 Å². The Bertz CT molecular complexity index is 512. The number of likely N-dealkylation sites (tertiary alicyclic amines) is 1. The molecule has 1 amide bonds. The highest BCUT2D eigenvalue weighted by Crippen LogP contribution is 2.23. The Labute approximate surface area is 118 Å². The number of pyridine rings is 1. The molecule has 0 aliphatic carbocycles. The van der Waals surface area contributed by atoms with Crippen LogP contribution in [0.1, 0.15) is 36.0 Å². The summed E-state index contributed by atoms with van der Waals surface area (Å²) in [6, 6.07) is 3.40. The van der Waals surface area contributed by atoms with Crippen LogP contribution in [0.3, 0.4) is 0 Å². The van der Waals surface area contributed by atoms with E-state index in [0.29, 0.717) is 11.4 Å². The van der Waals surface area contributed by atoms with Crippen LogP contribution in [-0.4, -0.2) is 33.8 Å². The zero-order valence-corrected chi connectivity index (χ0v) is 11.9. The number of halogens is 1. The van der Waals surface area contributed by atoms with Crippen molar-refractivity contribution in [3.05, 3.63) is 34.2 Å². The minimum absolute atomic E-state index is 0.0326. The molecule has 1 unspecified atom stereocenters. The van der Waals surface area contributed by atoms with Crippen LogP contribution in [0, 0.1) is 0 Å². The summed E-state index contributed by atoms with van der Waals surface area (Å²) in [5, 5.41) is 0. The lowest BCUT2D eigenvalue weighted by Gasteiger charge is -2.24. The van der Waals surface area contributed by atoms with Crippen molar-refractivity contribution in [2.45, 2.75) is 31.7 Å². The van der Waals surface area contributed by atoms with E-state index in [1.54, 1.807) is 19.3 Å². The van der Waals surface area contributed by atoms with Crippen molar-refractivity contribution in [2.75, 3.05) is 12.4 Å². The van der Waals surface area contributed by atoms with E-state index in [1.165, 1.54) is 10.6 Å². The highest BCUT2D eigenvalue weighted by molar-refractivity contribution is 6.17. The Balaban J connectivity index is 2.13. The van der Waals surface area contributed by atoms with E-state index in [0.717, 1.165) is 32.2 Å². The fourth-order valence-corrected chi connectivity index (χ4v) is 2.72. The summed E-state index contributed by atoms with van der Waals surface area (Å²) >= 11 is 5.71. The predicted octanol–water partition coefficient (Wildman–Crippen LogP) is 2.01. The molecule has 1 aliphatic rings. The molecule has 1 aromatic rings. The molecule has 19 heavy (non-hydrogen) atoms. The summed E-state index contributed by atoms with van der Waals surface area (Å²) in [5.74, 6) is 0.597. The molecule has 0 saturated carbocycles. The van der Waals surface area contributed by atoms with Gasteiger partial charge in [0.1, 0.15) is 0 Å². The SMILES string of the molecule is Cn1ccc(C(=O)N2CCCC2CCCCl)cc1=O. The fourth-order valence-electron chi connectivity index (χ4n) is 2.56. The average Bonchev–Trinajstić information content (AvgIpc) is 2.87. The summed E-state index contributed by atoms with van der Waals surface area (Å²) < 4.78 is 1.46. The number of aromatic nitrogens is 1. The molecule has 1 aromatic heterocycles. The van der Waals surface area contributed by atoms with Crippen molar-refractivity contribution in [3.63, 3.8) is 0 Å². The Kier molecular flexibility index (Phi) is 4.64. The van der Waals surface area contributed by atoms with Gasteiger partial charge in [0.15, 0.2) is 0 Å². The van der Waals surface area contributed by atoms with Gasteiger partial charge in [-0.05, 0) is 31.7 Å². The van der Waals surface area contributed by atoms with Gasteiger partial charge in [-0.1, -0.05) is 0 Å². The second-order valence-electron chi connectivity index (χ2n) is 4.99. The zero-order chi connectivity index (χ0) is 13.8. The topological polar surface area (TPSA) is 42.3 Å². The van der Waals surface area contributed by atoms with Crippen molar-refractivity contribution in [2.24, 2.45) is 7.05 Å². The van der Waals surface area contributed by atoms with E-state index in [2.05, 4.69) is 0 Å². The first-order valence-electron chi connectivity index (χ1n) is 6.67. The molecule has 0 spiro atoms. The quantitative estimate of drug-likeness (QED) is 0.793. The number of carbonyl (C=O) groups excluding carboxylic acids is 1. The van der Waals surface area contributed by atoms with Crippen LogP contribution < -0.4 is 5.56 Å². The molecule has 0 aromatic carbocycles. The summed E-state index contributed by atoms with van der Waals surface area (Å²) in [4.78, 5) is 25.9. The van der Waals surface area contributed by atoms with Gasteiger partial charge in [-0.15, -0.1) is 11.6 Å². The van der Waals surface area contributed by atoms with Gasteiger partial charge in [0.25, 0.3) is 11.5 Å². The summed E-state index contributed by atoms with van der Waals surface area (Å²) in [6.07, 6.45) is 5.57. The van der Waals surface area contributed by atoms with Crippen LogP contribution in [0.15, 0.2) is 23.1 Å². The molecular weight excluding hydrogens is 264 g/mol. The first-order chi connectivity index (χ1) is 9.13. The molecule has 0 bridgehead atoms. The van der Waals surface area contributed by atoms with Crippen LogP contribution in [0.25, 0.3) is 0 Å². The van der Waals surface area contributed by atoms with Crippen LogP contribution >= 0.6 is 11.6 Å². The molecule has 104 valence electrons. The number of hydrogen-bond donors (Lipinski definition) is 0. The minimum atomic E-state index is -0.151. The largest absolute Gasteiger partial charge is 0.336 e. The van der Waals surface area contributed by atoms with E-state index < -0.39 is 0 Å². The lowest BCUT2D eigenvalue weighted by molar-refractivity contribution is 0.0730. The van der Waals surface area contributed by atoms with E-state index in [4.69, 9.17) is 11.6 Å². The van der Waals surface area contributed by atoms with Gasteiger partial charge in [0.05, 0.1) is 0 Å². The molecule has 2 rings (SSSR count). The summed E-state index contributed by atoms with van der Waals surface area (Å²) in [5.41, 5.74) is 0.336. The molecule has 4 nitrogen and oxygen atoms in total. The molecule has 0 radical (unpaired) electrons. The second kappa shape index (κ2) is 6.24. The van der Waals surface area contributed by atoms with Crippen molar-refractivity contribution < 1.29 is 4.79 Å². The van der Waals surface area contributed by atoms with Crippen LogP contribution in [0.5, 0.6) is 0 Å². The van der Waals surface area contributed by atoms with Gasteiger partial charge < -0.3 is 9.47 Å². The number of carbonyl (C=O) groups is 1. The number of hydrogen-bond acceptors (Lipinski definition) is 2. The van der Waals surface area contributed by atoms with Crippen molar-refractivity contribution >= 4 is 17.5 Å². The smallest absolute Gasteiger partial charge is 0.254 e. The van der Waals surface area contributed by atoms with Crippen molar-refractivity contribution in [3.8, 4) is 0 Å². The van der Waals surface area contributed by atoms with Gasteiger partial charge in [0, 0.05) is 43.3 Å². The number of rotatable bonds is 4. The lowest BCUT2D eigenvalue weighted by Crippen LogP contribution is -2.36. The van der Waals surface area contributed by atoms with E-state index in [9.17, 15) is 9.59 Å².